The van der Waals surface area contributed by atoms with Gasteiger partial charge in [-0.15, -0.1) is 0 Å². The predicted octanol–water partition coefficient (Wildman–Crippen LogP) is 8.78. The summed E-state index contributed by atoms with van der Waals surface area (Å²) in [6.07, 6.45) is 17.2. The number of rotatable bonds is 15. The third kappa shape index (κ3) is 9.51. The van der Waals surface area contributed by atoms with Crippen molar-refractivity contribution in [1.82, 2.24) is 0 Å². The van der Waals surface area contributed by atoms with Crippen molar-refractivity contribution in [3.8, 4) is 5.75 Å². The molecule has 0 aliphatic carbocycles. The van der Waals surface area contributed by atoms with Crippen LogP contribution in [0.1, 0.15) is 114 Å². The van der Waals surface area contributed by atoms with E-state index in [9.17, 15) is 5.11 Å². The molecular weight excluding hydrogens is 374 g/mol. The molecule has 166 valence electrons. The number of thiocarbonyl (C=S) groups is 1. The Morgan fingerprint density at radius 3 is 1.93 bits per heavy atom. The van der Waals surface area contributed by atoms with Crippen LogP contribution < -0.4 is 5.32 Å². The van der Waals surface area contributed by atoms with Gasteiger partial charge in [0.15, 0.2) is 0 Å². The zero-order chi connectivity index (χ0) is 21.6. The van der Waals surface area contributed by atoms with E-state index in [1.807, 2.05) is 19.9 Å². The highest BCUT2D eigenvalue weighted by molar-refractivity contribution is 7.80. The first-order valence-electron chi connectivity index (χ1n) is 12.0. The molecule has 0 fully saturated rings. The number of benzene rings is 1. The average molecular weight is 420 g/mol. The number of hydrogen-bond donors (Lipinski definition) is 2. The highest BCUT2D eigenvalue weighted by Crippen LogP contribution is 2.31. The van der Waals surface area contributed by atoms with Gasteiger partial charge in [-0.25, -0.2) is 0 Å². The van der Waals surface area contributed by atoms with E-state index in [0.717, 1.165) is 40.2 Å². The van der Waals surface area contributed by atoms with Gasteiger partial charge in [-0.1, -0.05) is 96.7 Å². The predicted molar refractivity (Wildman–Crippen MR) is 133 cm³/mol. The van der Waals surface area contributed by atoms with Crippen molar-refractivity contribution in [2.75, 3.05) is 5.32 Å². The van der Waals surface area contributed by atoms with E-state index in [2.05, 4.69) is 26.1 Å². The number of nitrogens with one attached hydrogen (secondary N) is 1. The SMILES string of the molecule is CCCCCCCCCCCCC(CCC)C(=S)Nc1cc(C)c(O)c(C)c1C. The molecule has 0 saturated heterocycles. The number of anilines is 1. The Kier molecular flexibility index (Phi) is 13.3. The zero-order valence-corrected chi connectivity index (χ0v) is 20.5. The van der Waals surface area contributed by atoms with Gasteiger partial charge < -0.3 is 10.4 Å². The smallest absolute Gasteiger partial charge is 0.121 e. The fraction of sp³-hybridized carbons (Fsp3) is 0.731. The molecule has 0 spiro atoms. The van der Waals surface area contributed by atoms with Crippen LogP contribution in [-0.4, -0.2) is 10.1 Å². The Morgan fingerprint density at radius 1 is 0.828 bits per heavy atom. The quantitative estimate of drug-likeness (QED) is 0.169. The lowest BCUT2D eigenvalue weighted by Crippen LogP contribution is -2.21. The molecule has 0 aromatic heterocycles. The lowest BCUT2D eigenvalue weighted by Gasteiger charge is -2.21. The van der Waals surface area contributed by atoms with Gasteiger partial charge in [-0.05, 0) is 56.4 Å². The molecule has 2 nitrogen and oxygen atoms in total. The van der Waals surface area contributed by atoms with Crippen LogP contribution in [0.25, 0.3) is 0 Å². The molecule has 1 atom stereocenters. The summed E-state index contributed by atoms with van der Waals surface area (Å²) in [5.41, 5.74) is 3.98. The Hall–Kier alpha value is -1.09. The molecule has 0 heterocycles. The van der Waals surface area contributed by atoms with Crippen LogP contribution in [-0.2, 0) is 0 Å². The molecule has 3 heteroatoms. The molecule has 0 aliphatic heterocycles. The number of hydrogen-bond acceptors (Lipinski definition) is 2. The second kappa shape index (κ2) is 14.8. The van der Waals surface area contributed by atoms with E-state index >= 15 is 0 Å². The molecule has 0 amide bonds. The zero-order valence-electron chi connectivity index (χ0n) is 19.7. The monoisotopic (exact) mass is 419 g/mol. The topological polar surface area (TPSA) is 32.3 Å². The molecule has 1 unspecified atom stereocenters. The number of phenolic OH excluding ortho intramolecular Hbond substituents is 1. The van der Waals surface area contributed by atoms with Crippen LogP contribution in [0.2, 0.25) is 0 Å². The van der Waals surface area contributed by atoms with Gasteiger partial charge in [0.1, 0.15) is 5.75 Å². The fourth-order valence-corrected chi connectivity index (χ4v) is 4.41. The third-order valence-electron chi connectivity index (χ3n) is 6.23. The lowest BCUT2D eigenvalue weighted by molar-refractivity contribution is 0.466. The highest BCUT2D eigenvalue weighted by Gasteiger charge is 2.16. The summed E-state index contributed by atoms with van der Waals surface area (Å²) in [7, 11) is 0. The molecule has 2 N–H and O–H groups in total. The van der Waals surface area contributed by atoms with Gasteiger partial charge in [-0.2, -0.15) is 0 Å². The van der Waals surface area contributed by atoms with Crippen molar-refractivity contribution < 1.29 is 5.11 Å². The van der Waals surface area contributed by atoms with Crippen LogP contribution in [0, 0.1) is 26.7 Å². The van der Waals surface area contributed by atoms with Gasteiger partial charge in [0.2, 0.25) is 0 Å². The van der Waals surface area contributed by atoms with E-state index in [0.29, 0.717) is 11.7 Å². The number of aromatic hydroxyl groups is 1. The summed E-state index contributed by atoms with van der Waals surface area (Å²) in [5, 5.41) is 13.6. The maximum absolute atomic E-state index is 10.1. The summed E-state index contributed by atoms with van der Waals surface area (Å²) in [5.74, 6) is 0.854. The summed E-state index contributed by atoms with van der Waals surface area (Å²) in [6, 6.07) is 2.02. The largest absolute Gasteiger partial charge is 0.507 e. The first-order valence-corrected chi connectivity index (χ1v) is 12.4. The van der Waals surface area contributed by atoms with E-state index in [1.165, 1.54) is 70.6 Å². The van der Waals surface area contributed by atoms with Gasteiger partial charge in [0, 0.05) is 11.6 Å². The third-order valence-corrected chi connectivity index (χ3v) is 6.66. The molecule has 1 aromatic carbocycles. The van der Waals surface area contributed by atoms with Crippen LogP contribution in [0.5, 0.6) is 5.75 Å². The molecule has 0 saturated carbocycles. The minimum atomic E-state index is 0.398. The first kappa shape index (κ1) is 25.9. The Bertz CT molecular complexity index is 611. The molecule has 0 bridgehead atoms. The highest BCUT2D eigenvalue weighted by atomic mass is 32.1. The minimum absolute atomic E-state index is 0.398. The molecular formula is C26H45NOS. The normalized spacial score (nSPS) is 12.2. The van der Waals surface area contributed by atoms with Gasteiger partial charge in [0.25, 0.3) is 0 Å². The van der Waals surface area contributed by atoms with Crippen molar-refractivity contribution in [3.05, 3.63) is 22.8 Å². The van der Waals surface area contributed by atoms with Gasteiger partial charge >= 0.3 is 0 Å². The van der Waals surface area contributed by atoms with E-state index in [4.69, 9.17) is 12.2 Å². The standard InChI is InChI=1S/C26H45NOS/c1-6-8-9-10-11-12-13-14-15-16-18-23(17-7-2)26(29)27-24-19-20(3)25(28)22(5)21(24)4/h19,23,28H,6-18H2,1-5H3,(H,27,29). The number of aryl methyl sites for hydroxylation is 1. The van der Waals surface area contributed by atoms with Crippen molar-refractivity contribution in [2.24, 2.45) is 5.92 Å². The van der Waals surface area contributed by atoms with Crippen LogP contribution >= 0.6 is 12.2 Å². The number of unbranched alkanes of at least 4 members (excludes halogenated alkanes) is 9. The van der Waals surface area contributed by atoms with E-state index in [-0.39, 0.29) is 0 Å². The molecule has 1 aromatic rings. The van der Waals surface area contributed by atoms with Gasteiger partial charge in [0.05, 0.1) is 4.99 Å². The van der Waals surface area contributed by atoms with E-state index < -0.39 is 0 Å². The Labute approximate surface area is 185 Å². The van der Waals surface area contributed by atoms with Crippen molar-refractivity contribution in [3.63, 3.8) is 0 Å². The van der Waals surface area contributed by atoms with Crippen molar-refractivity contribution >= 4 is 22.9 Å². The summed E-state index contributed by atoms with van der Waals surface area (Å²) >= 11 is 5.80. The van der Waals surface area contributed by atoms with Crippen molar-refractivity contribution in [1.29, 1.82) is 0 Å². The first-order chi connectivity index (χ1) is 13.9. The second-order valence-electron chi connectivity index (χ2n) is 8.79. The summed E-state index contributed by atoms with van der Waals surface area (Å²) in [6.45, 7) is 10.5. The van der Waals surface area contributed by atoms with Crippen molar-refractivity contribution in [2.45, 2.75) is 118 Å². The number of phenols is 1. The van der Waals surface area contributed by atoms with Crippen LogP contribution in [0.4, 0.5) is 5.69 Å². The maximum Gasteiger partial charge on any atom is 0.121 e. The average Bonchev–Trinajstić information content (AvgIpc) is 2.70. The van der Waals surface area contributed by atoms with E-state index in [1.54, 1.807) is 0 Å². The molecule has 0 radical (unpaired) electrons. The Balaban J connectivity index is 2.40. The minimum Gasteiger partial charge on any atom is -0.507 e. The molecule has 0 aliphatic rings. The van der Waals surface area contributed by atoms with Gasteiger partial charge in [-0.3, -0.25) is 0 Å². The molecule has 1 rings (SSSR count). The molecule has 29 heavy (non-hydrogen) atoms. The fourth-order valence-electron chi connectivity index (χ4n) is 4.07. The Morgan fingerprint density at radius 2 is 1.38 bits per heavy atom. The second-order valence-corrected chi connectivity index (χ2v) is 9.22. The van der Waals surface area contributed by atoms with Crippen LogP contribution in [0.3, 0.4) is 0 Å². The van der Waals surface area contributed by atoms with Crippen LogP contribution in [0.15, 0.2) is 6.07 Å². The summed E-state index contributed by atoms with van der Waals surface area (Å²) in [4.78, 5) is 0.968. The lowest BCUT2D eigenvalue weighted by atomic mass is 9.95. The summed E-state index contributed by atoms with van der Waals surface area (Å²) < 4.78 is 0. The maximum atomic E-state index is 10.1.